The van der Waals surface area contributed by atoms with Gasteiger partial charge in [-0.25, -0.2) is 13.2 Å². The minimum absolute atomic E-state index is 0.0616. The van der Waals surface area contributed by atoms with Crippen molar-refractivity contribution in [3.05, 3.63) is 59.7 Å². The van der Waals surface area contributed by atoms with Gasteiger partial charge in [-0.05, 0) is 35.4 Å². The monoisotopic (exact) mass is 348 g/mol. The van der Waals surface area contributed by atoms with Crippen LogP contribution in [0.15, 0.2) is 48.5 Å². The fourth-order valence-corrected chi connectivity index (χ4v) is 2.97. The third-order valence-electron chi connectivity index (χ3n) is 3.20. The lowest BCUT2D eigenvalue weighted by Gasteiger charge is -2.09. The average molecular weight is 348 g/mol. The fourth-order valence-electron chi connectivity index (χ4n) is 2.18. The van der Waals surface area contributed by atoms with E-state index < -0.39 is 9.84 Å². The lowest BCUT2D eigenvalue weighted by molar-refractivity contribution is 0.251. The number of nitrogens with one attached hydrogen (secondary N) is 2. The van der Waals surface area contributed by atoms with E-state index in [1.165, 1.54) is 6.26 Å². The second-order valence-corrected chi connectivity index (χ2v) is 7.57. The van der Waals surface area contributed by atoms with Crippen molar-refractivity contribution in [1.82, 2.24) is 5.32 Å². The van der Waals surface area contributed by atoms with E-state index in [9.17, 15) is 13.2 Å². The van der Waals surface area contributed by atoms with Gasteiger partial charge >= 0.3 is 6.03 Å². The molecular weight excluding hydrogens is 328 g/mol. The molecule has 0 radical (unpaired) electrons. The maximum Gasteiger partial charge on any atom is 0.319 e. The van der Waals surface area contributed by atoms with Crippen molar-refractivity contribution in [3.63, 3.8) is 0 Å². The summed E-state index contributed by atoms with van der Waals surface area (Å²) in [5, 5.41) is 5.43. The van der Waals surface area contributed by atoms with Crippen LogP contribution in [-0.4, -0.2) is 27.8 Å². The van der Waals surface area contributed by atoms with Gasteiger partial charge in [-0.2, -0.15) is 0 Å². The van der Waals surface area contributed by atoms with Crippen LogP contribution in [-0.2, 0) is 22.1 Å². The molecule has 0 aliphatic carbocycles. The Morgan fingerprint density at radius 3 is 2.50 bits per heavy atom. The number of benzene rings is 2. The number of sulfone groups is 1. The van der Waals surface area contributed by atoms with E-state index in [0.29, 0.717) is 17.8 Å². The van der Waals surface area contributed by atoms with E-state index in [-0.39, 0.29) is 11.8 Å². The summed E-state index contributed by atoms with van der Waals surface area (Å²) in [6.07, 6.45) is 1.17. The highest BCUT2D eigenvalue weighted by Crippen LogP contribution is 2.14. The van der Waals surface area contributed by atoms with Crippen molar-refractivity contribution < 1.29 is 17.9 Å². The minimum Gasteiger partial charge on any atom is -0.497 e. The zero-order chi connectivity index (χ0) is 17.6. The van der Waals surface area contributed by atoms with Crippen molar-refractivity contribution in [1.29, 1.82) is 0 Å². The molecule has 0 bridgehead atoms. The van der Waals surface area contributed by atoms with Gasteiger partial charge < -0.3 is 15.4 Å². The van der Waals surface area contributed by atoms with Crippen molar-refractivity contribution >= 4 is 21.6 Å². The molecule has 2 N–H and O–H groups in total. The van der Waals surface area contributed by atoms with Crippen LogP contribution >= 0.6 is 0 Å². The average Bonchev–Trinajstić information content (AvgIpc) is 2.52. The number of rotatable bonds is 6. The van der Waals surface area contributed by atoms with Crippen LogP contribution in [0.25, 0.3) is 0 Å². The SMILES string of the molecule is COc1cccc(CNC(=O)Nc2cccc(CS(C)(=O)=O)c2)c1. The standard InChI is InChI=1S/C17H20N2O4S/c1-23-16-8-4-5-13(10-16)11-18-17(20)19-15-7-3-6-14(9-15)12-24(2,21)22/h3-10H,11-12H2,1-2H3,(H2,18,19,20). The van der Waals surface area contributed by atoms with Crippen LogP contribution in [0.5, 0.6) is 5.75 Å². The summed E-state index contributed by atoms with van der Waals surface area (Å²) in [6.45, 7) is 0.353. The maximum atomic E-state index is 12.0. The third-order valence-corrected chi connectivity index (χ3v) is 4.06. The molecule has 0 aliphatic rings. The van der Waals surface area contributed by atoms with Crippen LogP contribution in [0.1, 0.15) is 11.1 Å². The Morgan fingerprint density at radius 1 is 1.08 bits per heavy atom. The predicted octanol–water partition coefficient (Wildman–Crippen LogP) is 2.56. The van der Waals surface area contributed by atoms with Gasteiger partial charge in [0.1, 0.15) is 5.75 Å². The van der Waals surface area contributed by atoms with E-state index >= 15 is 0 Å². The molecule has 2 aromatic rings. The Labute approximate surface area is 141 Å². The highest BCUT2D eigenvalue weighted by atomic mass is 32.2. The summed E-state index contributed by atoms with van der Waals surface area (Å²) in [5.74, 6) is 0.664. The summed E-state index contributed by atoms with van der Waals surface area (Å²) in [4.78, 5) is 12.0. The molecular formula is C17H20N2O4S. The second kappa shape index (κ2) is 7.83. The molecule has 2 amide bonds. The molecule has 6 nitrogen and oxygen atoms in total. The fraction of sp³-hybridized carbons (Fsp3) is 0.235. The topological polar surface area (TPSA) is 84.5 Å². The number of carbonyl (C=O) groups is 1. The van der Waals surface area contributed by atoms with Crippen molar-refractivity contribution in [2.24, 2.45) is 0 Å². The first-order chi connectivity index (χ1) is 11.4. The van der Waals surface area contributed by atoms with E-state index in [0.717, 1.165) is 11.3 Å². The number of anilines is 1. The normalized spacial score (nSPS) is 10.9. The zero-order valence-electron chi connectivity index (χ0n) is 13.6. The van der Waals surface area contributed by atoms with Gasteiger partial charge in [-0.3, -0.25) is 0 Å². The first-order valence-electron chi connectivity index (χ1n) is 7.30. The number of methoxy groups -OCH3 is 1. The number of urea groups is 1. The van der Waals surface area contributed by atoms with Crippen molar-refractivity contribution in [2.45, 2.75) is 12.3 Å². The molecule has 0 saturated carbocycles. The van der Waals surface area contributed by atoms with E-state index in [1.807, 2.05) is 24.3 Å². The zero-order valence-corrected chi connectivity index (χ0v) is 14.4. The predicted molar refractivity (Wildman–Crippen MR) is 93.8 cm³/mol. The van der Waals surface area contributed by atoms with Gasteiger partial charge in [0.25, 0.3) is 0 Å². The van der Waals surface area contributed by atoms with Gasteiger partial charge in [-0.1, -0.05) is 24.3 Å². The Morgan fingerprint density at radius 2 is 1.79 bits per heavy atom. The lowest BCUT2D eigenvalue weighted by Crippen LogP contribution is -2.28. The lowest BCUT2D eigenvalue weighted by atomic mass is 10.2. The molecule has 2 aromatic carbocycles. The van der Waals surface area contributed by atoms with E-state index in [2.05, 4.69) is 10.6 Å². The number of hydrogen-bond acceptors (Lipinski definition) is 4. The number of hydrogen-bond donors (Lipinski definition) is 2. The Balaban J connectivity index is 1.93. The van der Waals surface area contributed by atoms with Gasteiger partial charge in [0.05, 0.1) is 12.9 Å². The van der Waals surface area contributed by atoms with Crippen LogP contribution in [0.2, 0.25) is 0 Å². The van der Waals surface area contributed by atoms with E-state index in [4.69, 9.17) is 4.74 Å². The Bertz CT molecular complexity index is 819. The largest absolute Gasteiger partial charge is 0.497 e. The number of amides is 2. The highest BCUT2D eigenvalue weighted by Gasteiger charge is 2.07. The van der Waals surface area contributed by atoms with Crippen molar-refractivity contribution in [3.8, 4) is 5.75 Å². The maximum absolute atomic E-state index is 12.0. The van der Waals surface area contributed by atoms with Crippen LogP contribution in [0.4, 0.5) is 10.5 Å². The molecule has 0 atom stereocenters. The third kappa shape index (κ3) is 5.92. The van der Waals surface area contributed by atoms with Gasteiger partial charge in [0.15, 0.2) is 9.84 Å². The smallest absolute Gasteiger partial charge is 0.319 e. The number of ether oxygens (including phenoxy) is 1. The summed E-state index contributed by atoms with van der Waals surface area (Å²) < 4.78 is 27.8. The molecule has 0 heterocycles. The van der Waals surface area contributed by atoms with E-state index in [1.54, 1.807) is 31.4 Å². The molecule has 2 rings (SSSR count). The molecule has 24 heavy (non-hydrogen) atoms. The first kappa shape index (κ1) is 17.8. The van der Waals surface area contributed by atoms with Crippen LogP contribution < -0.4 is 15.4 Å². The molecule has 128 valence electrons. The first-order valence-corrected chi connectivity index (χ1v) is 9.36. The quantitative estimate of drug-likeness (QED) is 0.840. The van der Waals surface area contributed by atoms with Gasteiger partial charge in [-0.15, -0.1) is 0 Å². The van der Waals surface area contributed by atoms with Gasteiger partial charge in [0.2, 0.25) is 0 Å². The molecule has 0 fully saturated rings. The molecule has 0 aliphatic heterocycles. The summed E-state index contributed by atoms with van der Waals surface area (Å²) in [6, 6.07) is 13.8. The molecule has 0 unspecified atom stereocenters. The Hall–Kier alpha value is -2.54. The second-order valence-electron chi connectivity index (χ2n) is 5.43. The Kier molecular flexibility index (Phi) is 5.81. The molecule has 0 aromatic heterocycles. The van der Waals surface area contributed by atoms with Crippen LogP contribution in [0.3, 0.4) is 0 Å². The van der Waals surface area contributed by atoms with Gasteiger partial charge in [0, 0.05) is 18.5 Å². The molecule has 0 saturated heterocycles. The van der Waals surface area contributed by atoms with Crippen LogP contribution in [0, 0.1) is 0 Å². The summed E-state index contributed by atoms with van der Waals surface area (Å²) in [5.41, 5.74) is 2.08. The van der Waals surface area contributed by atoms with Crippen molar-refractivity contribution in [2.75, 3.05) is 18.7 Å². The minimum atomic E-state index is -3.12. The molecule has 0 spiro atoms. The molecule has 7 heteroatoms. The summed E-state index contributed by atoms with van der Waals surface area (Å²) >= 11 is 0. The summed E-state index contributed by atoms with van der Waals surface area (Å²) in [7, 11) is -1.53. The highest BCUT2D eigenvalue weighted by molar-refractivity contribution is 7.89. The number of carbonyl (C=O) groups excluding carboxylic acids is 1.